The molecule has 0 bridgehead atoms. The number of carbonyl (C=O) groups excluding carboxylic acids is 1. The Balaban J connectivity index is 1.43. The van der Waals surface area contributed by atoms with Crippen molar-refractivity contribution in [2.45, 2.75) is 40.0 Å². The van der Waals surface area contributed by atoms with E-state index in [0.29, 0.717) is 11.0 Å². The summed E-state index contributed by atoms with van der Waals surface area (Å²) in [4.78, 5) is 16.8. The Kier molecular flexibility index (Phi) is 6.71. The van der Waals surface area contributed by atoms with Crippen molar-refractivity contribution in [3.8, 4) is 0 Å². The highest BCUT2D eigenvalue weighted by Gasteiger charge is 2.29. The molecule has 4 heteroatoms. The zero-order valence-electron chi connectivity index (χ0n) is 20.1. The van der Waals surface area contributed by atoms with E-state index >= 15 is 0 Å². The number of anilines is 1. The summed E-state index contributed by atoms with van der Waals surface area (Å²) >= 11 is 0. The quantitative estimate of drug-likeness (QED) is 0.712. The van der Waals surface area contributed by atoms with Gasteiger partial charge < -0.3 is 10.2 Å². The molecule has 170 valence electrons. The standard InChI is InChI=1S/C28H37N3O/c1-21-5-7-22(8-6-21)26-13-14-28(2,3)19-24(26)20-30-15-17-31(18-16-30)25-11-9-23(10-12-25)27(32)29-4/h5-12H,13-20H2,1-4H3,(H,29,32). The number of piperazine rings is 1. The second-order valence-corrected chi connectivity index (χ2v) is 10.2. The molecular weight excluding hydrogens is 394 g/mol. The van der Waals surface area contributed by atoms with Crippen LogP contribution in [0.15, 0.2) is 54.1 Å². The molecule has 0 atom stereocenters. The summed E-state index contributed by atoms with van der Waals surface area (Å²) in [6, 6.07) is 17.1. The van der Waals surface area contributed by atoms with E-state index in [4.69, 9.17) is 0 Å². The fraction of sp³-hybridized carbons (Fsp3) is 0.464. The van der Waals surface area contributed by atoms with Gasteiger partial charge in [-0.25, -0.2) is 0 Å². The van der Waals surface area contributed by atoms with Crippen LogP contribution in [-0.2, 0) is 0 Å². The number of nitrogens with zero attached hydrogens (tertiary/aromatic N) is 2. The van der Waals surface area contributed by atoms with Crippen molar-refractivity contribution in [3.63, 3.8) is 0 Å². The van der Waals surface area contributed by atoms with Gasteiger partial charge >= 0.3 is 0 Å². The minimum atomic E-state index is -0.0329. The number of rotatable bonds is 5. The highest BCUT2D eigenvalue weighted by Crippen LogP contribution is 2.42. The van der Waals surface area contributed by atoms with Crippen molar-refractivity contribution >= 4 is 17.2 Å². The summed E-state index contributed by atoms with van der Waals surface area (Å²) in [7, 11) is 1.67. The van der Waals surface area contributed by atoms with Crippen LogP contribution in [0.1, 0.15) is 54.6 Å². The molecule has 0 spiro atoms. The van der Waals surface area contributed by atoms with Crippen LogP contribution >= 0.6 is 0 Å². The Labute approximate surface area is 193 Å². The smallest absolute Gasteiger partial charge is 0.251 e. The number of amides is 1. The molecule has 2 aromatic rings. The Hall–Kier alpha value is -2.59. The number of benzene rings is 2. The third-order valence-corrected chi connectivity index (χ3v) is 7.08. The van der Waals surface area contributed by atoms with Gasteiger partial charge in [0, 0.05) is 51.0 Å². The Morgan fingerprint density at radius 1 is 0.969 bits per heavy atom. The molecule has 32 heavy (non-hydrogen) atoms. The van der Waals surface area contributed by atoms with Gasteiger partial charge in [0.2, 0.25) is 0 Å². The maximum Gasteiger partial charge on any atom is 0.251 e. The van der Waals surface area contributed by atoms with Crippen LogP contribution in [0.4, 0.5) is 5.69 Å². The minimum Gasteiger partial charge on any atom is -0.369 e. The zero-order valence-corrected chi connectivity index (χ0v) is 20.1. The summed E-state index contributed by atoms with van der Waals surface area (Å²) in [5, 5.41) is 2.69. The summed E-state index contributed by atoms with van der Waals surface area (Å²) in [6.07, 6.45) is 3.64. The molecule has 1 aliphatic heterocycles. The van der Waals surface area contributed by atoms with Crippen molar-refractivity contribution in [2.75, 3.05) is 44.7 Å². The Bertz CT molecular complexity index is 965. The van der Waals surface area contributed by atoms with E-state index in [9.17, 15) is 4.79 Å². The first-order chi connectivity index (χ1) is 15.3. The SMILES string of the molecule is CNC(=O)c1ccc(N2CCN(CC3=C(c4ccc(C)cc4)CCC(C)(C)C3)CC2)cc1. The van der Waals surface area contributed by atoms with E-state index in [-0.39, 0.29) is 5.91 Å². The average molecular weight is 432 g/mol. The van der Waals surface area contributed by atoms with Gasteiger partial charge in [0.05, 0.1) is 0 Å². The molecule has 1 aliphatic carbocycles. The van der Waals surface area contributed by atoms with E-state index < -0.39 is 0 Å². The predicted octanol–water partition coefficient (Wildman–Crippen LogP) is 5.14. The maximum absolute atomic E-state index is 11.8. The van der Waals surface area contributed by atoms with E-state index in [1.807, 2.05) is 12.1 Å². The molecule has 1 fully saturated rings. The summed E-state index contributed by atoms with van der Waals surface area (Å²) < 4.78 is 0. The van der Waals surface area contributed by atoms with Crippen molar-refractivity contribution in [1.82, 2.24) is 10.2 Å². The highest BCUT2D eigenvalue weighted by atomic mass is 16.1. The third-order valence-electron chi connectivity index (χ3n) is 7.08. The molecule has 4 nitrogen and oxygen atoms in total. The van der Waals surface area contributed by atoms with Gasteiger partial charge in [-0.1, -0.05) is 49.2 Å². The summed E-state index contributed by atoms with van der Waals surface area (Å²) in [5.74, 6) is -0.0329. The molecule has 1 N–H and O–H groups in total. The van der Waals surface area contributed by atoms with E-state index in [0.717, 1.165) is 32.7 Å². The van der Waals surface area contributed by atoms with Gasteiger partial charge in [-0.05, 0) is 67.0 Å². The van der Waals surface area contributed by atoms with Crippen LogP contribution in [0.5, 0.6) is 0 Å². The predicted molar refractivity (Wildman–Crippen MR) is 134 cm³/mol. The first-order valence-corrected chi connectivity index (χ1v) is 11.9. The maximum atomic E-state index is 11.8. The fourth-order valence-corrected chi connectivity index (χ4v) is 5.07. The van der Waals surface area contributed by atoms with Crippen molar-refractivity contribution < 1.29 is 4.79 Å². The lowest BCUT2D eigenvalue weighted by Gasteiger charge is -2.39. The molecule has 1 amide bonds. The highest BCUT2D eigenvalue weighted by molar-refractivity contribution is 5.94. The van der Waals surface area contributed by atoms with Crippen molar-refractivity contribution in [3.05, 3.63) is 70.8 Å². The van der Waals surface area contributed by atoms with Gasteiger partial charge in [0.15, 0.2) is 0 Å². The molecule has 0 unspecified atom stereocenters. The lowest BCUT2D eigenvalue weighted by Crippen LogP contribution is -2.47. The molecule has 1 saturated heterocycles. The van der Waals surface area contributed by atoms with Crippen LogP contribution < -0.4 is 10.2 Å². The number of nitrogens with one attached hydrogen (secondary N) is 1. The molecule has 4 rings (SSSR count). The molecule has 0 aromatic heterocycles. The second-order valence-electron chi connectivity index (χ2n) is 10.2. The van der Waals surface area contributed by atoms with Gasteiger partial charge in [-0.3, -0.25) is 9.69 Å². The largest absolute Gasteiger partial charge is 0.369 e. The second kappa shape index (κ2) is 9.50. The molecule has 2 aliphatic rings. The lowest BCUT2D eigenvalue weighted by molar-refractivity contribution is 0.0963. The van der Waals surface area contributed by atoms with Crippen LogP contribution in [-0.4, -0.2) is 50.6 Å². The third kappa shape index (κ3) is 5.24. The zero-order chi connectivity index (χ0) is 22.7. The monoisotopic (exact) mass is 431 g/mol. The van der Waals surface area contributed by atoms with Crippen molar-refractivity contribution in [2.24, 2.45) is 5.41 Å². The van der Waals surface area contributed by atoms with Crippen LogP contribution in [0.2, 0.25) is 0 Å². The first-order valence-electron chi connectivity index (χ1n) is 11.9. The van der Waals surface area contributed by atoms with Crippen LogP contribution in [0.25, 0.3) is 5.57 Å². The number of hydrogen-bond acceptors (Lipinski definition) is 3. The molecule has 2 aromatic carbocycles. The fourth-order valence-electron chi connectivity index (χ4n) is 5.07. The van der Waals surface area contributed by atoms with Crippen molar-refractivity contribution in [1.29, 1.82) is 0 Å². The Morgan fingerprint density at radius 3 is 2.25 bits per heavy atom. The van der Waals surface area contributed by atoms with Gasteiger partial charge in [-0.15, -0.1) is 0 Å². The Morgan fingerprint density at radius 2 is 1.62 bits per heavy atom. The van der Waals surface area contributed by atoms with E-state index in [1.165, 1.54) is 36.1 Å². The summed E-state index contributed by atoms with van der Waals surface area (Å²) in [6.45, 7) is 12.3. The summed E-state index contributed by atoms with van der Waals surface area (Å²) in [5.41, 5.74) is 8.26. The number of hydrogen-bond donors (Lipinski definition) is 1. The number of aryl methyl sites for hydroxylation is 1. The van der Waals surface area contributed by atoms with Gasteiger partial charge in [0.25, 0.3) is 5.91 Å². The van der Waals surface area contributed by atoms with E-state index in [1.54, 1.807) is 18.2 Å². The first kappa shape index (κ1) is 22.6. The van der Waals surface area contributed by atoms with Crippen LogP contribution in [0, 0.1) is 12.3 Å². The average Bonchev–Trinajstić information content (AvgIpc) is 2.80. The normalized spacial score (nSPS) is 19.2. The number of allylic oxidation sites excluding steroid dienone is 1. The van der Waals surface area contributed by atoms with E-state index in [2.05, 4.69) is 72.3 Å². The molecule has 0 saturated carbocycles. The van der Waals surface area contributed by atoms with Crippen LogP contribution in [0.3, 0.4) is 0 Å². The molecule has 1 heterocycles. The molecular formula is C28H37N3O. The molecule has 0 radical (unpaired) electrons. The number of carbonyl (C=O) groups is 1. The van der Waals surface area contributed by atoms with Gasteiger partial charge in [0.1, 0.15) is 0 Å². The minimum absolute atomic E-state index is 0.0329. The lowest BCUT2D eigenvalue weighted by atomic mass is 9.72. The topological polar surface area (TPSA) is 35.6 Å². The van der Waals surface area contributed by atoms with Gasteiger partial charge in [-0.2, -0.15) is 0 Å².